The van der Waals surface area contributed by atoms with Crippen molar-refractivity contribution in [2.45, 2.75) is 38.1 Å². The summed E-state index contributed by atoms with van der Waals surface area (Å²) in [5.74, 6) is 0.663. The second-order valence-corrected chi connectivity index (χ2v) is 7.19. The lowest BCUT2D eigenvalue weighted by Gasteiger charge is -2.35. The lowest BCUT2D eigenvalue weighted by Crippen LogP contribution is -2.44. The molecule has 0 bridgehead atoms. The molecule has 1 N–H and O–H groups in total. The number of rotatable bonds is 6. The summed E-state index contributed by atoms with van der Waals surface area (Å²) < 4.78 is 1.69. The van der Waals surface area contributed by atoms with Gasteiger partial charge in [0.25, 0.3) is 0 Å². The molecule has 124 valence electrons. The Morgan fingerprint density at radius 2 is 2.35 bits per heavy atom. The number of amides is 1. The first-order valence-corrected chi connectivity index (χ1v) is 9.14. The average Bonchev–Trinajstić information content (AvgIpc) is 3.18. The molecule has 23 heavy (non-hydrogen) atoms. The molecule has 1 amide bonds. The summed E-state index contributed by atoms with van der Waals surface area (Å²) in [4.78, 5) is 16.0. The molecule has 3 heterocycles. The third-order valence-electron chi connectivity index (χ3n) is 4.38. The lowest BCUT2D eigenvalue weighted by molar-refractivity contribution is -0.118. The van der Waals surface area contributed by atoms with Crippen molar-refractivity contribution in [1.29, 1.82) is 0 Å². The third kappa shape index (κ3) is 4.65. The van der Waals surface area contributed by atoms with Crippen molar-refractivity contribution in [3.63, 3.8) is 0 Å². The maximum atomic E-state index is 12.3. The minimum Gasteiger partial charge on any atom is -0.308 e. The van der Waals surface area contributed by atoms with Crippen LogP contribution in [0.4, 0.5) is 5.82 Å². The molecule has 1 aliphatic heterocycles. The maximum absolute atomic E-state index is 12.3. The summed E-state index contributed by atoms with van der Waals surface area (Å²) in [6, 6.07) is 6.65. The molecule has 0 saturated carbocycles. The van der Waals surface area contributed by atoms with E-state index in [1.54, 1.807) is 4.68 Å². The number of carbonyl (C=O) groups excluding carboxylic acids is 1. The first kappa shape index (κ1) is 16.2. The van der Waals surface area contributed by atoms with Crippen LogP contribution in [0.1, 0.15) is 30.6 Å². The topological polar surface area (TPSA) is 50.2 Å². The molecule has 0 aromatic carbocycles. The highest BCUT2D eigenvalue weighted by Crippen LogP contribution is 2.22. The molecule has 6 heteroatoms. The van der Waals surface area contributed by atoms with Crippen molar-refractivity contribution >= 4 is 23.1 Å². The summed E-state index contributed by atoms with van der Waals surface area (Å²) >= 11 is 1.82. The van der Waals surface area contributed by atoms with E-state index in [9.17, 15) is 4.79 Å². The largest absolute Gasteiger partial charge is 0.308 e. The van der Waals surface area contributed by atoms with Gasteiger partial charge in [0.2, 0.25) is 5.91 Å². The number of hydrogen-bond donors (Lipinski definition) is 1. The van der Waals surface area contributed by atoms with Crippen LogP contribution in [0.5, 0.6) is 0 Å². The molecule has 1 atom stereocenters. The Balaban J connectivity index is 1.52. The highest BCUT2D eigenvalue weighted by Gasteiger charge is 2.24. The van der Waals surface area contributed by atoms with Gasteiger partial charge in [0.15, 0.2) is 5.82 Å². The van der Waals surface area contributed by atoms with E-state index < -0.39 is 0 Å². The molecule has 2 aromatic heterocycles. The number of aryl methyl sites for hydroxylation is 2. The lowest BCUT2D eigenvalue weighted by atomic mass is 9.97. The zero-order valence-corrected chi connectivity index (χ0v) is 14.4. The first-order valence-electron chi connectivity index (χ1n) is 8.26. The Bertz CT molecular complexity index is 622. The van der Waals surface area contributed by atoms with Crippen molar-refractivity contribution < 1.29 is 4.79 Å². The van der Waals surface area contributed by atoms with Crippen LogP contribution in [-0.4, -0.2) is 39.7 Å². The SMILES string of the molecule is Cn1ccc(NC(=O)CN2CCCCC2CCc2cccs2)n1. The number of thiophene rings is 1. The highest BCUT2D eigenvalue weighted by molar-refractivity contribution is 7.09. The average molecular weight is 332 g/mol. The normalized spacial score (nSPS) is 18.9. The van der Waals surface area contributed by atoms with Gasteiger partial charge in [0, 0.05) is 30.2 Å². The second-order valence-electron chi connectivity index (χ2n) is 6.16. The molecule has 5 nitrogen and oxygen atoms in total. The molecule has 1 unspecified atom stereocenters. The number of nitrogens with one attached hydrogen (secondary N) is 1. The van der Waals surface area contributed by atoms with Gasteiger partial charge in [-0.3, -0.25) is 14.4 Å². The van der Waals surface area contributed by atoms with E-state index in [-0.39, 0.29) is 5.91 Å². The van der Waals surface area contributed by atoms with Crippen LogP contribution in [0.15, 0.2) is 29.8 Å². The summed E-state index contributed by atoms with van der Waals surface area (Å²) in [5, 5.41) is 9.22. The quantitative estimate of drug-likeness (QED) is 0.885. The molecule has 1 aliphatic rings. The molecule has 1 fully saturated rings. The van der Waals surface area contributed by atoms with E-state index in [0.29, 0.717) is 18.4 Å². The van der Waals surface area contributed by atoms with Crippen molar-refractivity contribution in [3.05, 3.63) is 34.7 Å². The number of anilines is 1. The second kappa shape index (κ2) is 7.75. The fraction of sp³-hybridized carbons (Fsp3) is 0.529. The predicted molar refractivity (Wildman–Crippen MR) is 93.7 cm³/mol. The van der Waals surface area contributed by atoms with Crippen LogP contribution in [0, 0.1) is 0 Å². The Kier molecular flexibility index (Phi) is 5.46. The van der Waals surface area contributed by atoms with Crippen LogP contribution < -0.4 is 5.32 Å². The number of aromatic nitrogens is 2. The van der Waals surface area contributed by atoms with Crippen molar-refractivity contribution in [2.24, 2.45) is 7.05 Å². The smallest absolute Gasteiger partial charge is 0.239 e. The molecule has 0 aliphatic carbocycles. The zero-order chi connectivity index (χ0) is 16.1. The van der Waals surface area contributed by atoms with Crippen LogP contribution in [0.25, 0.3) is 0 Å². The van der Waals surface area contributed by atoms with Crippen molar-refractivity contribution in [2.75, 3.05) is 18.4 Å². The molecule has 1 saturated heterocycles. The standard InChI is InChI=1S/C17H24N4OS/c1-20-11-9-16(19-20)18-17(22)13-21-10-3-2-5-14(21)7-8-15-6-4-12-23-15/h4,6,9,11-12,14H,2-3,5,7-8,10,13H2,1H3,(H,18,19,22). The zero-order valence-electron chi connectivity index (χ0n) is 13.6. The van der Waals surface area contributed by atoms with Crippen molar-refractivity contribution in [1.82, 2.24) is 14.7 Å². The maximum Gasteiger partial charge on any atom is 0.239 e. The van der Waals surface area contributed by atoms with Crippen LogP contribution in [0.2, 0.25) is 0 Å². The van der Waals surface area contributed by atoms with E-state index in [1.807, 2.05) is 30.6 Å². The van der Waals surface area contributed by atoms with Crippen molar-refractivity contribution in [3.8, 4) is 0 Å². The van der Waals surface area contributed by atoms with E-state index in [1.165, 1.54) is 24.1 Å². The monoisotopic (exact) mass is 332 g/mol. The van der Waals surface area contributed by atoms with E-state index in [0.717, 1.165) is 19.4 Å². The molecule has 0 radical (unpaired) electrons. The van der Waals surface area contributed by atoms with E-state index >= 15 is 0 Å². The summed E-state index contributed by atoms with van der Waals surface area (Å²) in [6.45, 7) is 1.48. The molecule has 0 spiro atoms. The van der Waals surface area contributed by atoms with Gasteiger partial charge in [-0.15, -0.1) is 11.3 Å². The van der Waals surface area contributed by atoms with Crippen LogP contribution in [-0.2, 0) is 18.3 Å². The molecule has 2 aromatic rings. The minimum absolute atomic E-state index is 0.0340. The summed E-state index contributed by atoms with van der Waals surface area (Å²) in [6.07, 6.45) is 7.74. The predicted octanol–water partition coefficient (Wildman–Crippen LogP) is 2.91. The minimum atomic E-state index is 0.0340. The fourth-order valence-corrected chi connectivity index (χ4v) is 3.93. The number of hydrogen-bond acceptors (Lipinski definition) is 4. The number of piperidine rings is 1. The first-order chi connectivity index (χ1) is 11.2. The Hall–Kier alpha value is -1.66. The number of likely N-dealkylation sites (tertiary alicyclic amines) is 1. The van der Waals surface area contributed by atoms with Gasteiger partial charge < -0.3 is 5.32 Å². The highest BCUT2D eigenvalue weighted by atomic mass is 32.1. The number of nitrogens with zero attached hydrogens (tertiary/aromatic N) is 3. The Labute approximate surface area is 141 Å². The summed E-state index contributed by atoms with van der Waals surface area (Å²) in [7, 11) is 1.85. The van der Waals surface area contributed by atoms with Gasteiger partial charge >= 0.3 is 0 Å². The van der Waals surface area contributed by atoms with Gasteiger partial charge in [-0.05, 0) is 43.7 Å². The fourth-order valence-electron chi connectivity index (χ4n) is 3.21. The third-order valence-corrected chi connectivity index (χ3v) is 5.32. The molecular formula is C17H24N4OS. The van der Waals surface area contributed by atoms with Gasteiger partial charge in [-0.2, -0.15) is 5.10 Å². The summed E-state index contributed by atoms with van der Waals surface area (Å²) in [5.41, 5.74) is 0. The molecule has 3 rings (SSSR count). The van der Waals surface area contributed by atoms with Crippen LogP contribution >= 0.6 is 11.3 Å². The van der Waals surface area contributed by atoms with Crippen LogP contribution in [0.3, 0.4) is 0 Å². The Morgan fingerprint density at radius 3 is 3.09 bits per heavy atom. The van der Waals surface area contributed by atoms with Gasteiger partial charge in [0.05, 0.1) is 6.54 Å². The van der Waals surface area contributed by atoms with Gasteiger partial charge in [-0.1, -0.05) is 12.5 Å². The van der Waals surface area contributed by atoms with E-state index in [4.69, 9.17) is 0 Å². The number of carbonyl (C=O) groups is 1. The molecular weight excluding hydrogens is 308 g/mol. The van der Waals surface area contributed by atoms with Gasteiger partial charge in [-0.25, -0.2) is 0 Å². The Morgan fingerprint density at radius 1 is 1.43 bits per heavy atom. The van der Waals surface area contributed by atoms with Gasteiger partial charge in [0.1, 0.15) is 0 Å². The van der Waals surface area contributed by atoms with E-state index in [2.05, 4.69) is 32.8 Å².